The molecule has 0 bridgehead atoms. The first-order valence-corrected chi connectivity index (χ1v) is 9.00. The van der Waals surface area contributed by atoms with Gasteiger partial charge in [-0.15, -0.1) is 11.3 Å². The highest BCUT2D eigenvalue weighted by Gasteiger charge is 2.29. The van der Waals surface area contributed by atoms with E-state index in [0.29, 0.717) is 12.6 Å². The molecule has 0 saturated heterocycles. The quantitative estimate of drug-likeness (QED) is 0.907. The van der Waals surface area contributed by atoms with Gasteiger partial charge in [-0.1, -0.05) is 6.92 Å². The van der Waals surface area contributed by atoms with Crippen molar-refractivity contribution in [3.63, 3.8) is 0 Å². The zero-order chi connectivity index (χ0) is 14.5. The second kappa shape index (κ2) is 7.31. The number of thioether (sulfide) groups is 1. The summed E-state index contributed by atoms with van der Waals surface area (Å²) in [5, 5.41) is 4.75. The number of rotatable bonds is 5. The molecule has 1 N–H and O–H groups in total. The molecule has 1 heterocycles. The molecule has 2 rings (SSSR count). The maximum absolute atomic E-state index is 12.2. The monoisotopic (exact) mass is 313 g/mol. The number of thiazole rings is 1. The Morgan fingerprint density at radius 1 is 1.60 bits per heavy atom. The highest BCUT2D eigenvalue weighted by Crippen LogP contribution is 2.32. The Balaban J connectivity index is 1.77. The summed E-state index contributed by atoms with van der Waals surface area (Å²) in [4.78, 5) is 19.4. The maximum atomic E-state index is 12.2. The summed E-state index contributed by atoms with van der Waals surface area (Å²) in [6.45, 7) is 4.76. The van der Waals surface area contributed by atoms with Crippen molar-refractivity contribution >= 4 is 29.1 Å². The van der Waals surface area contributed by atoms with E-state index in [1.165, 1.54) is 6.42 Å². The van der Waals surface area contributed by atoms with Crippen LogP contribution in [0.2, 0.25) is 0 Å². The van der Waals surface area contributed by atoms with Crippen molar-refractivity contribution in [3.05, 3.63) is 16.1 Å². The summed E-state index contributed by atoms with van der Waals surface area (Å²) in [5.74, 6) is 1.16. The second-order valence-corrected chi connectivity index (χ2v) is 8.06. The molecule has 2 atom stereocenters. The Labute approximate surface area is 129 Å². The number of nitrogens with one attached hydrogen (secondary N) is 1. The van der Waals surface area contributed by atoms with E-state index in [2.05, 4.69) is 17.2 Å². The summed E-state index contributed by atoms with van der Waals surface area (Å²) in [6, 6.07) is 0.422. The van der Waals surface area contributed by atoms with Gasteiger partial charge in [-0.05, 0) is 31.9 Å². The van der Waals surface area contributed by atoms with Crippen molar-refractivity contribution in [2.75, 3.05) is 12.8 Å². The molecule has 0 aliphatic heterocycles. The molecule has 1 fully saturated rings. The molecule has 1 aliphatic carbocycles. The molecular formula is C14H23N3OS2. The number of amides is 2. The molecule has 1 aromatic heterocycles. The van der Waals surface area contributed by atoms with Crippen molar-refractivity contribution < 1.29 is 4.79 Å². The Bertz CT molecular complexity index is 449. The Morgan fingerprint density at radius 3 is 3.05 bits per heavy atom. The van der Waals surface area contributed by atoms with Crippen LogP contribution in [-0.4, -0.2) is 40.0 Å². The van der Waals surface area contributed by atoms with Crippen LogP contribution in [0.4, 0.5) is 4.79 Å². The highest BCUT2D eigenvalue weighted by atomic mass is 32.2. The van der Waals surface area contributed by atoms with Gasteiger partial charge in [0.05, 0.1) is 11.6 Å². The van der Waals surface area contributed by atoms with Crippen molar-refractivity contribution in [2.45, 2.75) is 50.9 Å². The molecule has 112 valence electrons. The minimum atomic E-state index is 0.0307. The first-order valence-electron chi connectivity index (χ1n) is 7.13. The summed E-state index contributed by atoms with van der Waals surface area (Å²) in [5.41, 5.74) is 0. The number of hydrogen-bond donors (Lipinski definition) is 1. The molecule has 1 aliphatic rings. The van der Waals surface area contributed by atoms with Gasteiger partial charge in [0.1, 0.15) is 0 Å². The van der Waals surface area contributed by atoms with Crippen LogP contribution in [0, 0.1) is 6.92 Å². The van der Waals surface area contributed by atoms with E-state index in [9.17, 15) is 4.79 Å². The van der Waals surface area contributed by atoms with Crippen LogP contribution in [0.25, 0.3) is 0 Å². The number of aromatic nitrogens is 1. The smallest absolute Gasteiger partial charge is 0.317 e. The topological polar surface area (TPSA) is 45.2 Å². The molecule has 0 unspecified atom stereocenters. The second-order valence-electron chi connectivity index (χ2n) is 5.16. The third-order valence-corrected chi connectivity index (χ3v) is 5.86. The van der Waals surface area contributed by atoms with Gasteiger partial charge in [-0.3, -0.25) is 0 Å². The Morgan fingerprint density at radius 2 is 2.40 bits per heavy atom. The van der Waals surface area contributed by atoms with Crippen molar-refractivity contribution in [1.82, 2.24) is 15.2 Å². The van der Waals surface area contributed by atoms with Gasteiger partial charge >= 0.3 is 6.03 Å². The lowest BCUT2D eigenvalue weighted by atomic mass is 10.2. The van der Waals surface area contributed by atoms with Crippen molar-refractivity contribution in [2.24, 2.45) is 0 Å². The lowest BCUT2D eigenvalue weighted by Crippen LogP contribution is -2.42. The van der Waals surface area contributed by atoms with Crippen LogP contribution in [-0.2, 0) is 6.54 Å². The summed E-state index contributed by atoms with van der Waals surface area (Å²) < 4.78 is 0. The van der Waals surface area contributed by atoms with E-state index in [-0.39, 0.29) is 6.03 Å². The van der Waals surface area contributed by atoms with E-state index in [0.717, 1.165) is 33.7 Å². The summed E-state index contributed by atoms with van der Waals surface area (Å²) >= 11 is 3.65. The third-order valence-electron chi connectivity index (χ3n) is 3.71. The molecule has 20 heavy (non-hydrogen) atoms. The summed E-state index contributed by atoms with van der Waals surface area (Å²) in [7, 11) is 1.91. The molecule has 0 aromatic carbocycles. The maximum Gasteiger partial charge on any atom is 0.317 e. The number of nitrogens with zero attached hydrogens (tertiary/aromatic N) is 2. The molecule has 1 saturated carbocycles. The molecule has 2 amide bonds. The average molecular weight is 313 g/mol. The minimum absolute atomic E-state index is 0.0307. The van der Waals surface area contributed by atoms with Gasteiger partial charge in [0, 0.05) is 29.4 Å². The molecule has 6 heteroatoms. The standard InChI is InChI=1S/C14H23N3OS2/c1-4-19-12-6-5-11(7-12)17(3)14(18)16-9-13-8-15-10(2)20-13/h8,11-12H,4-7,9H2,1-3H3,(H,16,18)/t11-,12+/m0/s1. The highest BCUT2D eigenvalue weighted by molar-refractivity contribution is 7.99. The van der Waals surface area contributed by atoms with Gasteiger partial charge < -0.3 is 10.2 Å². The summed E-state index contributed by atoms with van der Waals surface area (Å²) in [6.07, 6.45) is 5.32. The number of aryl methyl sites for hydroxylation is 1. The lowest BCUT2D eigenvalue weighted by Gasteiger charge is -2.24. The van der Waals surface area contributed by atoms with E-state index < -0.39 is 0 Å². The number of hydrogen-bond acceptors (Lipinski definition) is 4. The predicted octanol–water partition coefficient (Wildman–Crippen LogP) is 3.27. The molecule has 0 radical (unpaired) electrons. The molecular weight excluding hydrogens is 290 g/mol. The van der Waals surface area contributed by atoms with Crippen LogP contribution < -0.4 is 5.32 Å². The first kappa shape index (κ1) is 15.6. The van der Waals surface area contributed by atoms with Gasteiger partial charge in [0.15, 0.2) is 0 Å². The molecule has 4 nitrogen and oxygen atoms in total. The van der Waals surface area contributed by atoms with Gasteiger partial charge in [-0.2, -0.15) is 11.8 Å². The van der Waals surface area contributed by atoms with E-state index in [1.807, 2.05) is 36.8 Å². The number of urea groups is 1. The number of carbonyl (C=O) groups is 1. The fourth-order valence-electron chi connectivity index (χ4n) is 2.60. The zero-order valence-electron chi connectivity index (χ0n) is 12.4. The van der Waals surface area contributed by atoms with Gasteiger partial charge in [-0.25, -0.2) is 9.78 Å². The first-order chi connectivity index (χ1) is 9.60. The zero-order valence-corrected chi connectivity index (χ0v) is 14.0. The predicted molar refractivity (Wildman–Crippen MR) is 86.4 cm³/mol. The van der Waals surface area contributed by atoms with Crippen LogP contribution >= 0.6 is 23.1 Å². The third kappa shape index (κ3) is 4.12. The number of carbonyl (C=O) groups excluding carboxylic acids is 1. The minimum Gasteiger partial charge on any atom is -0.333 e. The largest absolute Gasteiger partial charge is 0.333 e. The van der Waals surface area contributed by atoms with E-state index in [4.69, 9.17) is 0 Å². The van der Waals surface area contributed by atoms with E-state index >= 15 is 0 Å². The van der Waals surface area contributed by atoms with Crippen molar-refractivity contribution in [3.8, 4) is 0 Å². The lowest BCUT2D eigenvalue weighted by molar-refractivity contribution is 0.190. The van der Waals surface area contributed by atoms with Crippen LogP contribution in [0.15, 0.2) is 6.20 Å². The van der Waals surface area contributed by atoms with Crippen LogP contribution in [0.3, 0.4) is 0 Å². The molecule has 1 aromatic rings. The fraction of sp³-hybridized carbons (Fsp3) is 0.714. The Hall–Kier alpha value is -0.750. The fourth-order valence-corrected chi connectivity index (χ4v) is 4.46. The SMILES string of the molecule is CCS[C@@H]1CC[C@H](N(C)C(=O)NCc2cnc(C)s2)C1. The van der Waals surface area contributed by atoms with Crippen molar-refractivity contribution in [1.29, 1.82) is 0 Å². The van der Waals surface area contributed by atoms with Crippen LogP contribution in [0.5, 0.6) is 0 Å². The molecule has 0 spiro atoms. The van der Waals surface area contributed by atoms with Crippen LogP contribution in [0.1, 0.15) is 36.1 Å². The van der Waals surface area contributed by atoms with E-state index in [1.54, 1.807) is 11.3 Å². The normalized spacial score (nSPS) is 21.9. The van der Waals surface area contributed by atoms with Gasteiger partial charge in [0.25, 0.3) is 0 Å². The Kier molecular flexibility index (Phi) is 5.72. The van der Waals surface area contributed by atoms with Gasteiger partial charge in [0.2, 0.25) is 0 Å². The average Bonchev–Trinajstić information content (AvgIpc) is 3.05.